The number of ether oxygens (including phenoxy) is 2. The van der Waals surface area contributed by atoms with Crippen molar-refractivity contribution < 1.29 is 22.6 Å². The number of methoxy groups -OCH3 is 1. The Bertz CT molecular complexity index is 328. The van der Waals surface area contributed by atoms with Gasteiger partial charge in [-0.05, 0) is 12.1 Å². The summed E-state index contributed by atoms with van der Waals surface area (Å²) in [6, 6.07) is 5.86. The van der Waals surface area contributed by atoms with Crippen molar-refractivity contribution >= 4 is 5.69 Å². The Balaban J connectivity index is 2.68. The normalized spacial score (nSPS) is 11.2. The number of benzene rings is 1. The standard InChI is InChI=1S/C10H12F3NO2/c1-15-7-6-14-8-4-2-3-5-9(8)16-10(11,12)13/h2-5,14H,6-7H2,1H3. The van der Waals surface area contributed by atoms with Crippen molar-refractivity contribution in [2.24, 2.45) is 0 Å². The molecule has 6 heteroatoms. The van der Waals surface area contributed by atoms with Crippen LogP contribution in [0.4, 0.5) is 18.9 Å². The smallest absolute Gasteiger partial charge is 0.404 e. The van der Waals surface area contributed by atoms with Gasteiger partial charge in [0.25, 0.3) is 0 Å². The van der Waals surface area contributed by atoms with E-state index in [-0.39, 0.29) is 11.4 Å². The predicted octanol–water partition coefficient (Wildman–Crippen LogP) is 2.64. The Morgan fingerprint density at radius 1 is 1.25 bits per heavy atom. The molecule has 0 saturated heterocycles. The second kappa shape index (κ2) is 5.60. The Morgan fingerprint density at radius 2 is 1.94 bits per heavy atom. The van der Waals surface area contributed by atoms with Gasteiger partial charge in [-0.3, -0.25) is 0 Å². The molecule has 0 aliphatic carbocycles. The number of rotatable bonds is 5. The number of anilines is 1. The van der Waals surface area contributed by atoms with Crippen LogP contribution in [0.25, 0.3) is 0 Å². The zero-order valence-corrected chi connectivity index (χ0v) is 8.67. The first-order chi connectivity index (χ1) is 7.53. The van der Waals surface area contributed by atoms with Crippen LogP contribution in [0.5, 0.6) is 5.75 Å². The Morgan fingerprint density at radius 3 is 2.56 bits per heavy atom. The van der Waals surface area contributed by atoms with Gasteiger partial charge in [-0.25, -0.2) is 0 Å². The highest BCUT2D eigenvalue weighted by atomic mass is 19.4. The molecule has 0 spiro atoms. The summed E-state index contributed by atoms with van der Waals surface area (Å²) >= 11 is 0. The monoisotopic (exact) mass is 235 g/mol. The summed E-state index contributed by atoms with van der Waals surface area (Å²) in [5.41, 5.74) is 0.289. The van der Waals surface area contributed by atoms with Gasteiger partial charge in [-0.15, -0.1) is 13.2 Å². The third-order valence-electron chi connectivity index (χ3n) is 1.73. The largest absolute Gasteiger partial charge is 0.573 e. The van der Waals surface area contributed by atoms with Crippen molar-refractivity contribution in [3.8, 4) is 5.75 Å². The summed E-state index contributed by atoms with van der Waals surface area (Å²) in [5.74, 6) is -0.244. The maximum absolute atomic E-state index is 12.0. The van der Waals surface area contributed by atoms with Crippen LogP contribution in [-0.2, 0) is 4.74 Å². The molecule has 16 heavy (non-hydrogen) atoms. The van der Waals surface area contributed by atoms with Gasteiger partial charge < -0.3 is 14.8 Å². The summed E-state index contributed by atoms with van der Waals surface area (Å²) in [5, 5.41) is 2.79. The van der Waals surface area contributed by atoms with Gasteiger partial charge in [0.1, 0.15) is 0 Å². The number of hydrogen-bond donors (Lipinski definition) is 1. The Labute approximate surface area is 91.2 Å². The molecular weight excluding hydrogens is 223 g/mol. The number of para-hydroxylation sites is 2. The van der Waals surface area contributed by atoms with Crippen molar-refractivity contribution in [2.45, 2.75) is 6.36 Å². The maximum Gasteiger partial charge on any atom is 0.573 e. The van der Waals surface area contributed by atoms with Crippen LogP contribution < -0.4 is 10.1 Å². The molecule has 0 saturated carbocycles. The van der Waals surface area contributed by atoms with Crippen LogP contribution in [0, 0.1) is 0 Å². The van der Waals surface area contributed by atoms with E-state index in [9.17, 15) is 13.2 Å². The molecule has 1 aromatic rings. The van der Waals surface area contributed by atoms with E-state index in [0.29, 0.717) is 13.2 Å². The molecule has 0 atom stereocenters. The summed E-state index contributed by atoms with van der Waals surface area (Å²) in [6.07, 6.45) is -4.68. The Hall–Kier alpha value is -1.43. The van der Waals surface area contributed by atoms with E-state index in [1.54, 1.807) is 6.07 Å². The van der Waals surface area contributed by atoms with E-state index in [0.717, 1.165) is 0 Å². The lowest BCUT2D eigenvalue weighted by Crippen LogP contribution is -2.18. The van der Waals surface area contributed by atoms with Crippen LogP contribution >= 0.6 is 0 Å². The molecule has 0 aromatic heterocycles. The van der Waals surface area contributed by atoms with Crippen LogP contribution in [-0.4, -0.2) is 26.6 Å². The molecule has 0 heterocycles. The fraction of sp³-hybridized carbons (Fsp3) is 0.400. The minimum atomic E-state index is -4.68. The topological polar surface area (TPSA) is 30.5 Å². The highest BCUT2D eigenvalue weighted by Gasteiger charge is 2.31. The SMILES string of the molecule is COCCNc1ccccc1OC(F)(F)F. The second-order valence-corrected chi connectivity index (χ2v) is 2.96. The molecule has 0 bridgehead atoms. The quantitative estimate of drug-likeness (QED) is 0.796. The highest BCUT2D eigenvalue weighted by molar-refractivity contribution is 5.56. The third kappa shape index (κ3) is 4.39. The van der Waals surface area contributed by atoms with Gasteiger partial charge in [-0.2, -0.15) is 0 Å². The summed E-state index contributed by atoms with van der Waals surface area (Å²) in [6.45, 7) is 0.815. The molecule has 1 aromatic carbocycles. The van der Waals surface area contributed by atoms with Gasteiger partial charge in [0.2, 0.25) is 0 Å². The number of alkyl halides is 3. The molecule has 0 fully saturated rings. The number of halogens is 3. The summed E-state index contributed by atoms with van der Waals surface area (Å²) in [7, 11) is 1.51. The minimum absolute atomic E-state index is 0.244. The maximum atomic E-state index is 12.0. The first-order valence-corrected chi connectivity index (χ1v) is 4.60. The van der Waals surface area contributed by atoms with Crippen LogP contribution in [0.3, 0.4) is 0 Å². The fourth-order valence-corrected chi connectivity index (χ4v) is 1.11. The zero-order chi connectivity index (χ0) is 12.0. The first-order valence-electron chi connectivity index (χ1n) is 4.60. The predicted molar refractivity (Wildman–Crippen MR) is 53.5 cm³/mol. The molecule has 0 unspecified atom stereocenters. The molecule has 3 nitrogen and oxygen atoms in total. The Kier molecular flexibility index (Phi) is 4.42. The molecule has 90 valence electrons. The van der Waals surface area contributed by atoms with Gasteiger partial charge in [-0.1, -0.05) is 12.1 Å². The molecule has 0 radical (unpaired) electrons. The van der Waals surface area contributed by atoms with E-state index in [2.05, 4.69) is 10.1 Å². The van der Waals surface area contributed by atoms with Gasteiger partial charge in [0, 0.05) is 13.7 Å². The van der Waals surface area contributed by atoms with Crippen molar-refractivity contribution in [3.05, 3.63) is 24.3 Å². The highest BCUT2D eigenvalue weighted by Crippen LogP contribution is 2.29. The number of nitrogens with one attached hydrogen (secondary N) is 1. The van der Waals surface area contributed by atoms with Crippen molar-refractivity contribution in [2.75, 3.05) is 25.6 Å². The molecule has 0 aliphatic heterocycles. The van der Waals surface area contributed by atoms with E-state index >= 15 is 0 Å². The average Bonchev–Trinajstić information content (AvgIpc) is 2.19. The van der Waals surface area contributed by atoms with Crippen LogP contribution in [0.15, 0.2) is 24.3 Å². The molecule has 1 rings (SSSR count). The lowest BCUT2D eigenvalue weighted by Gasteiger charge is -2.14. The summed E-state index contributed by atoms with van der Waals surface area (Å²) < 4.78 is 44.7. The molecule has 1 N–H and O–H groups in total. The van der Waals surface area contributed by atoms with E-state index < -0.39 is 6.36 Å². The van der Waals surface area contributed by atoms with Crippen LogP contribution in [0.2, 0.25) is 0 Å². The molecule has 0 aliphatic rings. The fourth-order valence-electron chi connectivity index (χ4n) is 1.11. The summed E-state index contributed by atoms with van der Waals surface area (Å²) in [4.78, 5) is 0. The van der Waals surface area contributed by atoms with E-state index in [1.807, 2.05) is 0 Å². The van der Waals surface area contributed by atoms with Crippen molar-refractivity contribution in [1.82, 2.24) is 0 Å². The average molecular weight is 235 g/mol. The van der Waals surface area contributed by atoms with E-state index in [4.69, 9.17) is 4.74 Å². The third-order valence-corrected chi connectivity index (χ3v) is 1.73. The lowest BCUT2D eigenvalue weighted by atomic mass is 10.3. The first kappa shape index (κ1) is 12.6. The number of hydrogen-bond acceptors (Lipinski definition) is 3. The van der Waals surface area contributed by atoms with Gasteiger partial charge >= 0.3 is 6.36 Å². The van der Waals surface area contributed by atoms with Gasteiger partial charge in [0.15, 0.2) is 5.75 Å². The second-order valence-electron chi connectivity index (χ2n) is 2.96. The van der Waals surface area contributed by atoms with Crippen molar-refractivity contribution in [1.29, 1.82) is 0 Å². The zero-order valence-electron chi connectivity index (χ0n) is 8.67. The van der Waals surface area contributed by atoms with Crippen molar-refractivity contribution in [3.63, 3.8) is 0 Å². The molecule has 0 amide bonds. The van der Waals surface area contributed by atoms with E-state index in [1.165, 1.54) is 25.3 Å². The lowest BCUT2D eigenvalue weighted by molar-refractivity contribution is -0.274. The molecular formula is C10H12F3NO2. The van der Waals surface area contributed by atoms with Crippen LogP contribution in [0.1, 0.15) is 0 Å². The van der Waals surface area contributed by atoms with Gasteiger partial charge in [0.05, 0.1) is 12.3 Å². The minimum Gasteiger partial charge on any atom is -0.404 e.